The molecule has 2 heterocycles. The van der Waals surface area contributed by atoms with E-state index in [2.05, 4.69) is 9.55 Å². The quantitative estimate of drug-likeness (QED) is 0.768. The van der Waals surface area contributed by atoms with Gasteiger partial charge in [0.1, 0.15) is 0 Å². The molecule has 2 rings (SSSR count). The number of aryl methyl sites for hydroxylation is 1. The van der Waals surface area contributed by atoms with Crippen LogP contribution in [0.5, 0.6) is 0 Å². The van der Waals surface area contributed by atoms with Gasteiger partial charge in [-0.1, -0.05) is 0 Å². The standard InChI is InChI=1S/C10H12N2O/c13-7-1-5-12-6-3-9-8-11-4-2-10(9)12/h2-4,6,8,13H,1,5,7H2. The zero-order valence-electron chi connectivity index (χ0n) is 7.35. The molecule has 3 heteroatoms. The van der Waals surface area contributed by atoms with Crippen molar-refractivity contribution in [1.82, 2.24) is 9.55 Å². The van der Waals surface area contributed by atoms with Crippen LogP contribution in [-0.4, -0.2) is 21.3 Å². The summed E-state index contributed by atoms with van der Waals surface area (Å²) < 4.78 is 2.13. The number of hydrogen-bond acceptors (Lipinski definition) is 2. The number of fused-ring (bicyclic) bond motifs is 1. The van der Waals surface area contributed by atoms with Crippen LogP contribution in [0.25, 0.3) is 10.9 Å². The van der Waals surface area contributed by atoms with Gasteiger partial charge in [-0.25, -0.2) is 0 Å². The summed E-state index contributed by atoms with van der Waals surface area (Å²) in [5.74, 6) is 0. The van der Waals surface area contributed by atoms with Gasteiger partial charge in [-0.05, 0) is 18.6 Å². The lowest BCUT2D eigenvalue weighted by atomic mass is 10.3. The summed E-state index contributed by atoms with van der Waals surface area (Å²) in [6.07, 6.45) is 6.47. The first-order valence-corrected chi connectivity index (χ1v) is 4.41. The van der Waals surface area contributed by atoms with Crippen LogP contribution in [0.15, 0.2) is 30.7 Å². The zero-order chi connectivity index (χ0) is 9.10. The van der Waals surface area contributed by atoms with E-state index in [0.717, 1.165) is 18.4 Å². The molecule has 1 N–H and O–H groups in total. The molecule has 0 unspecified atom stereocenters. The molecule has 2 aromatic rings. The van der Waals surface area contributed by atoms with E-state index in [9.17, 15) is 0 Å². The summed E-state index contributed by atoms with van der Waals surface area (Å²) in [5, 5.41) is 9.86. The fourth-order valence-electron chi connectivity index (χ4n) is 1.48. The van der Waals surface area contributed by atoms with Gasteiger partial charge in [-0.3, -0.25) is 4.98 Å². The van der Waals surface area contributed by atoms with E-state index >= 15 is 0 Å². The Kier molecular flexibility index (Phi) is 2.27. The molecule has 0 radical (unpaired) electrons. The molecular formula is C10H12N2O. The third kappa shape index (κ3) is 1.55. The van der Waals surface area contributed by atoms with Crippen molar-refractivity contribution >= 4 is 10.9 Å². The van der Waals surface area contributed by atoms with Gasteiger partial charge in [0.2, 0.25) is 0 Å². The van der Waals surface area contributed by atoms with Crippen molar-refractivity contribution in [3.63, 3.8) is 0 Å². The topological polar surface area (TPSA) is 38.0 Å². The molecule has 0 spiro atoms. The summed E-state index contributed by atoms with van der Waals surface area (Å²) in [4.78, 5) is 4.04. The van der Waals surface area contributed by atoms with Crippen molar-refractivity contribution in [3.8, 4) is 0 Å². The Morgan fingerprint density at radius 3 is 3.15 bits per heavy atom. The van der Waals surface area contributed by atoms with Gasteiger partial charge < -0.3 is 9.67 Å². The minimum absolute atomic E-state index is 0.241. The molecule has 2 aromatic heterocycles. The van der Waals surface area contributed by atoms with E-state index in [1.807, 2.05) is 24.5 Å². The lowest BCUT2D eigenvalue weighted by Crippen LogP contribution is -1.97. The molecular weight excluding hydrogens is 164 g/mol. The smallest absolute Gasteiger partial charge is 0.0511 e. The van der Waals surface area contributed by atoms with Gasteiger partial charge in [0, 0.05) is 37.1 Å². The number of pyridine rings is 1. The molecule has 0 aliphatic rings. The zero-order valence-corrected chi connectivity index (χ0v) is 7.35. The van der Waals surface area contributed by atoms with Crippen LogP contribution in [0, 0.1) is 0 Å². The maximum absolute atomic E-state index is 8.71. The lowest BCUT2D eigenvalue weighted by Gasteiger charge is -2.02. The molecule has 0 fully saturated rings. The molecule has 0 aliphatic carbocycles. The number of rotatable bonds is 3. The van der Waals surface area contributed by atoms with Crippen LogP contribution < -0.4 is 0 Å². The van der Waals surface area contributed by atoms with E-state index in [-0.39, 0.29) is 6.61 Å². The Bertz CT molecular complexity index is 394. The molecule has 3 nitrogen and oxygen atoms in total. The molecule has 0 saturated carbocycles. The minimum Gasteiger partial charge on any atom is -0.396 e. The first kappa shape index (κ1) is 8.26. The van der Waals surface area contributed by atoms with E-state index < -0.39 is 0 Å². The Labute approximate surface area is 76.6 Å². The fourth-order valence-corrected chi connectivity index (χ4v) is 1.48. The Morgan fingerprint density at radius 2 is 2.31 bits per heavy atom. The number of nitrogens with zero attached hydrogens (tertiary/aromatic N) is 2. The Hall–Kier alpha value is -1.35. The van der Waals surface area contributed by atoms with E-state index in [4.69, 9.17) is 5.11 Å². The second-order valence-electron chi connectivity index (χ2n) is 3.02. The van der Waals surface area contributed by atoms with Crippen LogP contribution in [0.3, 0.4) is 0 Å². The highest BCUT2D eigenvalue weighted by Crippen LogP contribution is 2.13. The number of hydrogen-bond donors (Lipinski definition) is 1. The summed E-state index contributed by atoms with van der Waals surface area (Å²) in [7, 11) is 0. The first-order chi connectivity index (χ1) is 6.42. The molecule has 0 amide bonds. The van der Waals surface area contributed by atoms with Crippen LogP contribution in [0.2, 0.25) is 0 Å². The number of aliphatic hydroxyl groups is 1. The van der Waals surface area contributed by atoms with Gasteiger partial charge in [0.25, 0.3) is 0 Å². The molecule has 68 valence electrons. The minimum atomic E-state index is 0.241. The fraction of sp³-hybridized carbons (Fsp3) is 0.300. The van der Waals surface area contributed by atoms with Crippen molar-refractivity contribution in [1.29, 1.82) is 0 Å². The average Bonchev–Trinajstić information content (AvgIpc) is 2.58. The third-order valence-corrected chi connectivity index (χ3v) is 2.13. The normalized spacial score (nSPS) is 10.8. The van der Waals surface area contributed by atoms with Gasteiger partial charge >= 0.3 is 0 Å². The Balaban J connectivity index is 2.35. The summed E-state index contributed by atoms with van der Waals surface area (Å²) in [6, 6.07) is 4.03. The molecule has 0 aliphatic heterocycles. The first-order valence-electron chi connectivity index (χ1n) is 4.41. The largest absolute Gasteiger partial charge is 0.396 e. The van der Waals surface area contributed by atoms with Crippen molar-refractivity contribution < 1.29 is 5.11 Å². The molecule has 0 bridgehead atoms. The second kappa shape index (κ2) is 3.58. The maximum atomic E-state index is 8.71. The SMILES string of the molecule is OCCCn1ccc2cnccc21. The number of aromatic nitrogens is 2. The lowest BCUT2D eigenvalue weighted by molar-refractivity contribution is 0.280. The monoisotopic (exact) mass is 176 g/mol. The predicted octanol–water partition coefficient (Wildman–Crippen LogP) is 1.42. The van der Waals surface area contributed by atoms with Crippen molar-refractivity contribution in [2.45, 2.75) is 13.0 Å². The maximum Gasteiger partial charge on any atom is 0.0511 e. The molecule has 13 heavy (non-hydrogen) atoms. The number of aliphatic hydroxyl groups excluding tert-OH is 1. The van der Waals surface area contributed by atoms with E-state index in [1.54, 1.807) is 6.20 Å². The van der Waals surface area contributed by atoms with Gasteiger partial charge in [-0.15, -0.1) is 0 Å². The van der Waals surface area contributed by atoms with Crippen molar-refractivity contribution in [2.24, 2.45) is 0 Å². The second-order valence-corrected chi connectivity index (χ2v) is 3.02. The van der Waals surface area contributed by atoms with Crippen LogP contribution in [0.4, 0.5) is 0 Å². The molecule has 0 saturated heterocycles. The van der Waals surface area contributed by atoms with Crippen LogP contribution in [-0.2, 0) is 6.54 Å². The van der Waals surface area contributed by atoms with Gasteiger partial charge in [-0.2, -0.15) is 0 Å². The van der Waals surface area contributed by atoms with E-state index in [0.29, 0.717) is 0 Å². The van der Waals surface area contributed by atoms with Crippen LogP contribution >= 0.6 is 0 Å². The summed E-state index contributed by atoms with van der Waals surface area (Å²) in [6.45, 7) is 1.11. The average molecular weight is 176 g/mol. The highest BCUT2D eigenvalue weighted by molar-refractivity contribution is 5.78. The highest BCUT2D eigenvalue weighted by atomic mass is 16.3. The van der Waals surface area contributed by atoms with Crippen molar-refractivity contribution in [3.05, 3.63) is 30.7 Å². The summed E-state index contributed by atoms with van der Waals surface area (Å²) >= 11 is 0. The Morgan fingerprint density at radius 1 is 1.38 bits per heavy atom. The highest BCUT2D eigenvalue weighted by Gasteiger charge is 1.98. The third-order valence-electron chi connectivity index (χ3n) is 2.13. The molecule has 0 aromatic carbocycles. The molecule has 0 atom stereocenters. The van der Waals surface area contributed by atoms with Gasteiger partial charge in [0.15, 0.2) is 0 Å². The van der Waals surface area contributed by atoms with Crippen molar-refractivity contribution in [2.75, 3.05) is 6.61 Å². The van der Waals surface area contributed by atoms with Crippen LogP contribution in [0.1, 0.15) is 6.42 Å². The predicted molar refractivity (Wildman–Crippen MR) is 51.4 cm³/mol. The van der Waals surface area contributed by atoms with E-state index in [1.165, 1.54) is 5.52 Å². The summed E-state index contributed by atoms with van der Waals surface area (Å²) in [5.41, 5.74) is 1.18. The van der Waals surface area contributed by atoms with Gasteiger partial charge in [0.05, 0.1) is 5.52 Å².